The quantitative estimate of drug-likeness (QED) is 0.903. The van der Waals surface area contributed by atoms with E-state index in [2.05, 4.69) is 10.4 Å². The van der Waals surface area contributed by atoms with Gasteiger partial charge in [-0.25, -0.2) is 0 Å². The van der Waals surface area contributed by atoms with Crippen LogP contribution >= 0.6 is 0 Å². The minimum absolute atomic E-state index is 0.0835. The molecule has 5 heteroatoms. The van der Waals surface area contributed by atoms with Gasteiger partial charge < -0.3 is 10.4 Å². The van der Waals surface area contributed by atoms with E-state index in [0.717, 1.165) is 30.5 Å². The van der Waals surface area contributed by atoms with Crippen LogP contribution in [0.5, 0.6) is 0 Å². The Bertz CT molecular complexity index is 592. The molecule has 1 aliphatic carbocycles. The van der Waals surface area contributed by atoms with Crippen molar-refractivity contribution < 1.29 is 9.90 Å². The van der Waals surface area contributed by atoms with Gasteiger partial charge in [-0.15, -0.1) is 0 Å². The molecule has 1 amide bonds. The van der Waals surface area contributed by atoms with Crippen LogP contribution in [-0.2, 0) is 11.3 Å². The maximum atomic E-state index is 12.1. The van der Waals surface area contributed by atoms with E-state index < -0.39 is 6.10 Å². The molecule has 2 aromatic rings. The Hall–Kier alpha value is -2.14. The van der Waals surface area contributed by atoms with Crippen LogP contribution < -0.4 is 5.32 Å². The first-order valence-corrected chi connectivity index (χ1v) is 7.28. The van der Waals surface area contributed by atoms with Crippen LogP contribution in [0.4, 0.5) is 5.69 Å². The zero-order valence-corrected chi connectivity index (χ0v) is 11.8. The topological polar surface area (TPSA) is 67.2 Å². The molecule has 0 bridgehead atoms. The van der Waals surface area contributed by atoms with E-state index >= 15 is 0 Å². The number of aliphatic hydroxyl groups is 1. The fourth-order valence-electron chi connectivity index (χ4n) is 2.76. The van der Waals surface area contributed by atoms with Crippen LogP contribution in [0.1, 0.15) is 24.8 Å². The van der Waals surface area contributed by atoms with Gasteiger partial charge in [0.05, 0.1) is 18.6 Å². The number of anilines is 1. The van der Waals surface area contributed by atoms with E-state index in [1.807, 2.05) is 41.2 Å². The summed E-state index contributed by atoms with van der Waals surface area (Å²) in [4.78, 5) is 12.1. The average Bonchev–Trinajstić information content (AvgIpc) is 3.12. The van der Waals surface area contributed by atoms with Gasteiger partial charge >= 0.3 is 0 Å². The molecule has 2 atom stereocenters. The van der Waals surface area contributed by atoms with E-state index in [1.54, 1.807) is 6.20 Å². The van der Waals surface area contributed by atoms with Gasteiger partial charge in [0.15, 0.2) is 0 Å². The lowest BCUT2D eigenvalue weighted by molar-refractivity contribution is -0.122. The zero-order chi connectivity index (χ0) is 14.7. The molecule has 0 aliphatic heterocycles. The number of amides is 1. The van der Waals surface area contributed by atoms with Crippen LogP contribution in [0, 0.1) is 5.92 Å². The van der Waals surface area contributed by atoms with E-state index in [0.29, 0.717) is 6.54 Å². The van der Waals surface area contributed by atoms with Gasteiger partial charge in [0.25, 0.3) is 0 Å². The average molecular weight is 285 g/mol. The fraction of sp³-hybridized carbons (Fsp3) is 0.375. The first-order chi connectivity index (χ1) is 10.2. The molecule has 1 aliphatic rings. The molecular weight excluding hydrogens is 266 g/mol. The predicted molar refractivity (Wildman–Crippen MR) is 79.7 cm³/mol. The predicted octanol–water partition coefficient (Wildman–Crippen LogP) is 2.03. The van der Waals surface area contributed by atoms with Crippen LogP contribution in [0.2, 0.25) is 0 Å². The number of rotatable bonds is 4. The lowest BCUT2D eigenvalue weighted by Gasteiger charge is -2.14. The molecule has 21 heavy (non-hydrogen) atoms. The maximum Gasteiger partial charge on any atom is 0.230 e. The van der Waals surface area contributed by atoms with Crippen molar-refractivity contribution in [1.29, 1.82) is 0 Å². The third kappa shape index (κ3) is 3.31. The van der Waals surface area contributed by atoms with Crippen molar-refractivity contribution in [3.05, 3.63) is 48.3 Å². The summed E-state index contributed by atoms with van der Waals surface area (Å²) in [6.07, 6.45) is 5.58. The SMILES string of the molecule is O=C(Nc1ccc(Cn2cccn2)cc1)C1CCCC1O. The number of hydrogen-bond acceptors (Lipinski definition) is 3. The van der Waals surface area contributed by atoms with Crippen molar-refractivity contribution >= 4 is 11.6 Å². The van der Waals surface area contributed by atoms with Crippen molar-refractivity contribution in [3.63, 3.8) is 0 Å². The molecule has 0 saturated heterocycles. The summed E-state index contributed by atoms with van der Waals surface area (Å²) < 4.78 is 1.85. The molecule has 1 fully saturated rings. The molecule has 5 nitrogen and oxygen atoms in total. The highest BCUT2D eigenvalue weighted by atomic mass is 16.3. The zero-order valence-electron chi connectivity index (χ0n) is 11.8. The summed E-state index contributed by atoms with van der Waals surface area (Å²) in [5.41, 5.74) is 1.89. The van der Waals surface area contributed by atoms with Gasteiger partial charge in [-0.1, -0.05) is 12.1 Å². The first kappa shape index (κ1) is 13.8. The third-order valence-electron chi connectivity index (χ3n) is 3.94. The van der Waals surface area contributed by atoms with E-state index in [9.17, 15) is 9.90 Å². The Morgan fingerprint density at radius 2 is 2.14 bits per heavy atom. The smallest absolute Gasteiger partial charge is 0.230 e. The number of aliphatic hydroxyl groups excluding tert-OH is 1. The molecule has 1 heterocycles. The Morgan fingerprint density at radius 3 is 2.76 bits per heavy atom. The van der Waals surface area contributed by atoms with Gasteiger partial charge in [0.2, 0.25) is 5.91 Å². The Kier molecular flexibility index (Phi) is 4.01. The molecule has 1 saturated carbocycles. The number of nitrogens with zero attached hydrogens (tertiary/aromatic N) is 2. The summed E-state index contributed by atoms with van der Waals surface area (Å²) >= 11 is 0. The first-order valence-electron chi connectivity index (χ1n) is 7.28. The summed E-state index contributed by atoms with van der Waals surface area (Å²) in [6.45, 7) is 0.711. The van der Waals surface area contributed by atoms with Crippen molar-refractivity contribution in [3.8, 4) is 0 Å². The normalized spacial score (nSPS) is 21.4. The largest absolute Gasteiger partial charge is 0.392 e. The van der Waals surface area contributed by atoms with Gasteiger partial charge in [0.1, 0.15) is 0 Å². The second kappa shape index (κ2) is 6.10. The van der Waals surface area contributed by atoms with Gasteiger partial charge in [-0.3, -0.25) is 9.48 Å². The van der Waals surface area contributed by atoms with Gasteiger partial charge in [-0.2, -0.15) is 5.10 Å². The van der Waals surface area contributed by atoms with Crippen LogP contribution in [0.3, 0.4) is 0 Å². The minimum atomic E-state index is -0.496. The number of carbonyl (C=O) groups excluding carboxylic acids is 1. The van der Waals surface area contributed by atoms with Gasteiger partial charge in [0, 0.05) is 18.1 Å². The van der Waals surface area contributed by atoms with Crippen molar-refractivity contribution in [2.75, 3.05) is 5.32 Å². The van der Waals surface area contributed by atoms with E-state index in [-0.39, 0.29) is 11.8 Å². The Labute approximate surface area is 123 Å². The van der Waals surface area contributed by atoms with Crippen LogP contribution in [0.25, 0.3) is 0 Å². The van der Waals surface area contributed by atoms with Crippen molar-refractivity contribution in [2.24, 2.45) is 5.92 Å². The van der Waals surface area contributed by atoms with Crippen molar-refractivity contribution in [2.45, 2.75) is 31.9 Å². The standard InChI is InChI=1S/C16H19N3O2/c20-15-4-1-3-14(15)16(21)18-13-7-5-12(6-8-13)11-19-10-2-9-17-19/h2,5-10,14-15,20H,1,3-4,11H2,(H,18,21). The van der Waals surface area contributed by atoms with E-state index in [1.165, 1.54) is 0 Å². The number of benzene rings is 1. The number of carbonyl (C=O) groups is 1. The van der Waals surface area contributed by atoms with Gasteiger partial charge in [-0.05, 0) is 43.0 Å². The molecule has 1 aromatic heterocycles. The molecule has 1 aromatic carbocycles. The van der Waals surface area contributed by atoms with Crippen LogP contribution in [-0.4, -0.2) is 26.9 Å². The number of aromatic nitrogens is 2. The molecule has 0 radical (unpaired) electrons. The summed E-state index contributed by atoms with van der Waals surface area (Å²) in [5, 5.41) is 16.8. The minimum Gasteiger partial charge on any atom is -0.392 e. The highest BCUT2D eigenvalue weighted by molar-refractivity contribution is 5.93. The summed E-state index contributed by atoms with van der Waals surface area (Å²) in [5.74, 6) is -0.353. The molecule has 3 rings (SSSR count). The lowest BCUT2D eigenvalue weighted by Crippen LogP contribution is -2.28. The highest BCUT2D eigenvalue weighted by Crippen LogP contribution is 2.26. The maximum absolute atomic E-state index is 12.1. The molecule has 110 valence electrons. The second-order valence-corrected chi connectivity index (χ2v) is 5.49. The number of nitrogens with one attached hydrogen (secondary N) is 1. The monoisotopic (exact) mass is 285 g/mol. The number of hydrogen-bond donors (Lipinski definition) is 2. The Balaban J connectivity index is 1.60. The third-order valence-corrected chi connectivity index (χ3v) is 3.94. The molecule has 2 N–H and O–H groups in total. The second-order valence-electron chi connectivity index (χ2n) is 5.49. The molecule has 2 unspecified atom stereocenters. The fourth-order valence-corrected chi connectivity index (χ4v) is 2.76. The van der Waals surface area contributed by atoms with E-state index in [4.69, 9.17) is 0 Å². The molecule has 0 spiro atoms. The highest BCUT2D eigenvalue weighted by Gasteiger charge is 2.31. The van der Waals surface area contributed by atoms with Crippen molar-refractivity contribution in [1.82, 2.24) is 9.78 Å². The Morgan fingerprint density at radius 1 is 1.33 bits per heavy atom. The lowest BCUT2D eigenvalue weighted by atomic mass is 10.1. The summed E-state index contributed by atoms with van der Waals surface area (Å²) in [6, 6.07) is 9.61. The summed E-state index contributed by atoms with van der Waals surface area (Å²) in [7, 11) is 0. The van der Waals surface area contributed by atoms with Crippen LogP contribution in [0.15, 0.2) is 42.7 Å². The molecular formula is C16H19N3O2.